The highest BCUT2D eigenvalue weighted by atomic mass is 19.1. The molecule has 0 amide bonds. The van der Waals surface area contributed by atoms with Gasteiger partial charge in [0, 0.05) is 5.92 Å². The Kier molecular flexibility index (Phi) is 6.73. The van der Waals surface area contributed by atoms with E-state index in [0.717, 1.165) is 29.5 Å². The highest BCUT2D eigenvalue weighted by Gasteiger charge is 2.35. The normalized spacial score (nSPS) is 22.8. The van der Waals surface area contributed by atoms with Crippen molar-refractivity contribution in [1.29, 1.82) is 0 Å². The number of benzene rings is 3. The third-order valence-corrected chi connectivity index (χ3v) is 5.84. The second-order valence-electron chi connectivity index (χ2n) is 7.97. The summed E-state index contributed by atoms with van der Waals surface area (Å²) in [6.07, 6.45) is 5.16. The van der Waals surface area contributed by atoms with Gasteiger partial charge >= 0.3 is 0 Å². The Morgan fingerprint density at radius 2 is 1.70 bits per heavy atom. The average molecular weight is 403 g/mol. The molecular weight excluding hydrogens is 375 g/mol. The van der Waals surface area contributed by atoms with Crippen LogP contribution in [0.1, 0.15) is 41.7 Å². The summed E-state index contributed by atoms with van der Waals surface area (Å²) >= 11 is 0. The fourth-order valence-corrected chi connectivity index (χ4v) is 4.31. The summed E-state index contributed by atoms with van der Waals surface area (Å²) in [5.74, 6) is 0.0422. The van der Waals surface area contributed by atoms with Crippen molar-refractivity contribution < 1.29 is 14.2 Å². The number of rotatable bonds is 6. The van der Waals surface area contributed by atoms with E-state index in [2.05, 4.69) is 18.2 Å². The zero-order valence-electron chi connectivity index (χ0n) is 16.9. The van der Waals surface area contributed by atoms with Crippen molar-refractivity contribution in [2.24, 2.45) is 11.8 Å². The molecule has 30 heavy (non-hydrogen) atoms. The fraction of sp³-hybridized carbons (Fsp3) is 0.259. The van der Waals surface area contributed by atoms with Crippen LogP contribution in [0.25, 0.3) is 6.08 Å². The van der Waals surface area contributed by atoms with Gasteiger partial charge in [-0.1, -0.05) is 84.9 Å². The molecule has 1 fully saturated rings. The summed E-state index contributed by atoms with van der Waals surface area (Å²) in [4.78, 5) is 0. The topological polar surface area (TPSA) is 29.5 Å². The number of allylic oxidation sites excluding steroid dienone is 1. The van der Waals surface area contributed by atoms with Gasteiger partial charge in [0.05, 0.1) is 18.8 Å². The van der Waals surface area contributed by atoms with Gasteiger partial charge in [0.15, 0.2) is 0 Å². The first-order valence-corrected chi connectivity index (χ1v) is 10.5. The Bertz CT molecular complexity index is 955. The highest BCUT2D eigenvalue weighted by molar-refractivity contribution is 5.48. The third kappa shape index (κ3) is 5.05. The fourth-order valence-electron chi connectivity index (χ4n) is 4.31. The van der Waals surface area contributed by atoms with Gasteiger partial charge in [0.25, 0.3) is 0 Å². The van der Waals surface area contributed by atoms with Crippen molar-refractivity contribution in [2.45, 2.75) is 25.0 Å². The zero-order valence-corrected chi connectivity index (χ0v) is 16.9. The minimum Gasteiger partial charge on any atom is -0.388 e. The van der Waals surface area contributed by atoms with E-state index in [1.807, 2.05) is 60.7 Å². The molecule has 4 rings (SSSR count). The lowest BCUT2D eigenvalue weighted by Gasteiger charge is -2.38. The van der Waals surface area contributed by atoms with Crippen LogP contribution in [0.2, 0.25) is 0 Å². The van der Waals surface area contributed by atoms with E-state index in [4.69, 9.17) is 4.74 Å². The summed E-state index contributed by atoms with van der Waals surface area (Å²) < 4.78 is 19.8. The van der Waals surface area contributed by atoms with Crippen molar-refractivity contribution in [1.82, 2.24) is 0 Å². The van der Waals surface area contributed by atoms with Gasteiger partial charge < -0.3 is 9.84 Å². The van der Waals surface area contributed by atoms with Gasteiger partial charge in [0.1, 0.15) is 5.82 Å². The standard InChI is InChI=1S/C27H27FO2/c28-25-16-8-10-20(17-25)9-7-15-23-18-24(26(29)21-11-3-1-4-12-21)19-30-27(23)22-13-5-2-6-14-22/h1-14,16-17,23-24,26-27,29H,15,18-19H2/b9-7+/t23-,24+,26-,27+/m0/s1. The number of ether oxygens (including phenoxy) is 1. The molecular formula is C27H27FO2. The maximum Gasteiger partial charge on any atom is 0.123 e. The minimum atomic E-state index is -0.544. The summed E-state index contributed by atoms with van der Waals surface area (Å²) in [6.45, 7) is 0.528. The maximum absolute atomic E-state index is 13.5. The van der Waals surface area contributed by atoms with Crippen LogP contribution in [0.5, 0.6) is 0 Å². The lowest BCUT2D eigenvalue weighted by molar-refractivity contribution is -0.0900. The van der Waals surface area contributed by atoms with Crippen LogP contribution < -0.4 is 0 Å². The third-order valence-electron chi connectivity index (χ3n) is 5.84. The predicted molar refractivity (Wildman–Crippen MR) is 118 cm³/mol. The molecule has 4 atom stereocenters. The Morgan fingerprint density at radius 3 is 2.43 bits per heavy atom. The van der Waals surface area contributed by atoms with Gasteiger partial charge in [-0.3, -0.25) is 0 Å². The van der Waals surface area contributed by atoms with Crippen LogP contribution in [0.4, 0.5) is 4.39 Å². The Hall–Kier alpha value is -2.75. The molecule has 0 bridgehead atoms. The van der Waals surface area contributed by atoms with Crippen LogP contribution in [0, 0.1) is 17.7 Å². The summed E-state index contributed by atoms with van der Waals surface area (Å²) in [5, 5.41) is 10.9. The molecule has 1 heterocycles. The highest BCUT2D eigenvalue weighted by Crippen LogP contribution is 2.42. The molecule has 1 aliphatic heterocycles. The zero-order chi connectivity index (χ0) is 20.8. The molecule has 0 aliphatic carbocycles. The molecule has 2 nitrogen and oxygen atoms in total. The Labute approximate surface area is 177 Å². The molecule has 3 heteroatoms. The van der Waals surface area contributed by atoms with E-state index in [1.165, 1.54) is 12.1 Å². The lowest BCUT2D eigenvalue weighted by atomic mass is 9.79. The molecule has 1 N–H and O–H groups in total. The van der Waals surface area contributed by atoms with E-state index in [1.54, 1.807) is 6.07 Å². The van der Waals surface area contributed by atoms with Gasteiger partial charge in [0.2, 0.25) is 0 Å². The largest absolute Gasteiger partial charge is 0.388 e. The monoisotopic (exact) mass is 402 g/mol. The smallest absolute Gasteiger partial charge is 0.123 e. The SMILES string of the molecule is O[C@@H](c1ccccc1)[C@H]1CO[C@H](c2ccccc2)[C@@H](C/C=C/c2cccc(F)c2)C1. The molecule has 3 aromatic carbocycles. The quantitative estimate of drug-likeness (QED) is 0.520. The number of aliphatic hydroxyl groups is 1. The van der Waals surface area contributed by atoms with Gasteiger partial charge in [-0.15, -0.1) is 0 Å². The van der Waals surface area contributed by atoms with Gasteiger partial charge in [-0.05, 0) is 47.6 Å². The van der Waals surface area contributed by atoms with Crippen LogP contribution >= 0.6 is 0 Å². The predicted octanol–water partition coefficient (Wildman–Crippen LogP) is 6.36. The summed E-state index contributed by atoms with van der Waals surface area (Å²) in [6, 6.07) is 26.7. The van der Waals surface area contributed by atoms with Gasteiger partial charge in [-0.25, -0.2) is 4.39 Å². The van der Waals surface area contributed by atoms with Crippen LogP contribution in [0.15, 0.2) is 91.0 Å². The average Bonchev–Trinajstić information content (AvgIpc) is 2.80. The van der Waals surface area contributed by atoms with Crippen LogP contribution in [0.3, 0.4) is 0 Å². The van der Waals surface area contributed by atoms with Crippen molar-refractivity contribution in [3.05, 3.63) is 114 Å². The van der Waals surface area contributed by atoms with Gasteiger partial charge in [-0.2, -0.15) is 0 Å². The van der Waals surface area contributed by atoms with Crippen LogP contribution in [-0.2, 0) is 4.74 Å². The minimum absolute atomic E-state index is 0.0115. The maximum atomic E-state index is 13.5. The van der Waals surface area contributed by atoms with Crippen LogP contribution in [-0.4, -0.2) is 11.7 Å². The Balaban J connectivity index is 1.51. The molecule has 0 radical (unpaired) electrons. The summed E-state index contributed by atoms with van der Waals surface area (Å²) in [5.41, 5.74) is 2.94. The van der Waals surface area contributed by atoms with Crippen molar-refractivity contribution in [3.63, 3.8) is 0 Å². The Morgan fingerprint density at radius 1 is 0.967 bits per heavy atom. The van der Waals surface area contributed by atoms with Crippen molar-refractivity contribution in [3.8, 4) is 0 Å². The van der Waals surface area contributed by atoms with E-state index in [0.29, 0.717) is 6.61 Å². The number of hydrogen-bond donors (Lipinski definition) is 1. The molecule has 0 saturated carbocycles. The van der Waals surface area contributed by atoms with Crippen molar-refractivity contribution >= 4 is 6.08 Å². The van der Waals surface area contributed by atoms with E-state index in [-0.39, 0.29) is 23.8 Å². The number of hydrogen-bond acceptors (Lipinski definition) is 2. The second kappa shape index (κ2) is 9.84. The molecule has 3 aromatic rings. The molecule has 0 spiro atoms. The molecule has 154 valence electrons. The first kappa shape index (κ1) is 20.5. The first-order chi connectivity index (χ1) is 14.7. The molecule has 1 saturated heterocycles. The second-order valence-corrected chi connectivity index (χ2v) is 7.97. The number of halogens is 1. The number of aliphatic hydroxyl groups excluding tert-OH is 1. The molecule has 1 aliphatic rings. The van der Waals surface area contributed by atoms with E-state index in [9.17, 15) is 9.50 Å². The van der Waals surface area contributed by atoms with E-state index >= 15 is 0 Å². The molecule has 0 unspecified atom stereocenters. The molecule has 0 aromatic heterocycles. The lowest BCUT2D eigenvalue weighted by Crippen LogP contribution is -2.32. The first-order valence-electron chi connectivity index (χ1n) is 10.5. The summed E-state index contributed by atoms with van der Waals surface area (Å²) in [7, 11) is 0. The van der Waals surface area contributed by atoms with Crippen molar-refractivity contribution in [2.75, 3.05) is 6.61 Å². The van der Waals surface area contributed by atoms with E-state index < -0.39 is 6.10 Å².